The zero-order chi connectivity index (χ0) is 24.5. The number of halogens is 2. The number of carbonyl (C=O) groups excluding carboxylic acids is 2. The molecule has 9 nitrogen and oxygen atoms in total. The third-order valence-electron chi connectivity index (χ3n) is 4.32. The van der Waals surface area contributed by atoms with E-state index >= 15 is 0 Å². The molecule has 0 saturated carbocycles. The van der Waals surface area contributed by atoms with Gasteiger partial charge in [-0.25, -0.2) is 10.2 Å². The highest BCUT2D eigenvalue weighted by atomic mass is 127. The molecule has 2 rings (SSSR count). The molecule has 3 N–H and O–H groups in total. The highest BCUT2D eigenvalue weighted by molar-refractivity contribution is 14.1. The molecule has 0 radical (unpaired) electrons. The Hall–Kier alpha value is -2.86. The molecule has 0 bridgehead atoms. The van der Waals surface area contributed by atoms with Crippen LogP contribution in [0.3, 0.4) is 0 Å². The summed E-state index contributed by atoms with van der Waals surface area (Å²) in [4.78, 5) is 35.9. The van der Waals surface area contributed by atoms with Crippen molar-refractivity contribution >= 4 is 58.2 Å². The molecular weight excluding hydrogens is 565 g/mol. The SMILES string of the molecule is COc1cc(/C=N/NC(=O)C(NC(=O)c2ccc(Cl)cc2)C(C)C)cc(I)c1OCC(=O)O. The van der Waals surface area contributed by atoms with Gasteiger partial charge >= 0.3 is 5.97 Å². The summed E-state index contributed by atoms with van der Waals surface area (Å²) in [6, 6.07) is 8.81. The predicted octanol–water partition coefficient (Wildman–Crippen LogP) is 3.32. The van der Waals surface area contributed by atoms with E-state index in [0.29, 0.717) is 31.2 Å². The van der Waals surface area contributed by atoms with Crippen LogP contribution in [0.15, 0.2) is 41.5 Å². The zero-order valence-corrected chi connectivity index (χ0v) is 21.0. The maximum atomic E-state index is 12.6. The van der Waals surface area contributed by atoms with Crippen LogP contribution in [0.2, 0.25) is 5.02 Å². The molecule has 0 aromatic heterocycles. The average Bonchev–Trinajstić information content (AvgIpc) is 2.76. The van der Waals surface area contributed by atoms with Crippen LogP contribution in [0.25, 0.3) is 0 Å². The first-order valence-electron chi connectivity index (χ1n) is 9.73. The summed E-state index contributed by atoms with van der Waals surface area (Å²) in [5, 5.41) is 16.0. The number of aliphatic carboxylic acids is 1. The van der Waals surface area contributed by atoms with Crippen LogP contribution in [0.4, 0.5) is 0 Å². The number of amides is 2. The first-order chi connectivity index (χ1) is 15.6. The second-order valence-electron chi connectivity index (χ2n) is 7.15. The van der Waals surface area contributed by atoms with Gasteiger partial charge in [0, 0.05) is 10.6 Å². The van der Waals surface area contributed by atoms with Gasteiger partial charge in [-0.15, -0.1) is 0 Å². The number of ether oxygens (including phenoxy) is 2. The Morgan fingerprint density at radius 3 is 2.45 bits per heavy atom. The fraction of sp³-hybridized carbons (Fsp3) is 0.273. The Bertz CT molecular complexity index is 1040. The van der Waals surface area contributed by atoms with E-state index in [0.717, 1.165) is 0 Å². The number of nitrogens with one attached hydrogen (secondary N) is 2. The highest BCUT2D eigenvalue weighted by Gasteiger charge is 2.24. The lowest BCUT2D eigenvalue weighted by molar-refractivity contribution is -0.139. The van der Waals surface area contributed by atoms with Crippen molar-refractivity contribution < 1.29 is 29.0 Å². The van der Waals surface area contributed by atoms with Crippen molar-refractivity contribution in [2.45, 2.75) is 19.9 Å². The van der Waals surface area contributed by atoms with Gasteiger partial charge in [-0.1, -0.05) is 25.4 Å². The molecule has 0 aliphatic heterocycles. The summed E-state index contributed by atoms with van der Waals surface area (Å²) in [6.45, 7) is 3.10. The molecule has 0 saturated heterocycles. The zero-order valence-electron chi connectivity index (χ0n) is 18.1. The predicted molar refractivity (Wildman–Crippen MR) is 132 cm³/mol. The molecule has 0 spiro atoms. The van der Waals surface area contributed by atoms with Crippen molar-refractivity contribution in [2.75, 3.05) is 13.7 Å². The summed E-state index contributed by atoms with van der Waals surface area (Å²) >= 11 is 7.83. The third kappa shape index (κ3) is 7.90. The third-order valence-corrected chi connectivity index (χ3v) is 5.38. The molecule has 1 atom stereocenters. The van der Waals surface area contributed by atoms with E-state index in [9.17, 15) is 14.4 Å². The fourth-order valence-corrected chi connectivity index (χ4v) is 3.60. The lowest BCUT2D eigenvalue weighted by Crippen LogP contribution is -2.48. The van der Waals surface area contributed by atoms with Gasteiger partial charge in [-0.2, -0.15) is 5.10 Å². The van der Waals surface area contributed by atoms with E-state index in [2.05, 4.69) is 15.8 Å². The van der Waals surface area contributed by atoms with Crippen LogP contribution in [-0.4, -0.2) is 48.9 Å². The standard InChI is InChI=1S/C22H23ClIN3O6/c1-12(2)19(26-21(30)14-4-6-15(23)7-5-14)22(31)27-25-10-13-8-16(24)20(17(9-13)32-3)33-11-18(28)29/h4-10,12,19H,11H2,1-3H3,(H,26,30)(H,27,31)(H,28,29)/b25-10+. The van der Waals surface area contributed by atoms with Crippen LogP contribution >= 0.6 is 34.2 Å². The van der Waals surface area contributed by atoms with Crippen LogP contribution in [0.5, 0.6) is 11.5 Å². The van der Waals surface area contributed by atoms with Gasteiger partial charge in [0.25, 0.3) is 11.8 Å². The lowest BCUT2D eigenvalue weighted by atomic mass is 10.0. The van der Waals surface area contributed by atoms with E-state index in [-0.39, 0.29) is 5.92 Å². The van der Waals surface area contributed by atoms with Gasteiger partial charge in [-0.3, -0.25) is 9.59 Å². The van der Waals surface area contributed by atoms with Crippen molar-refractivity contribution in [2.24, 2.45) is 11.0 Å². The molecule has 2 aromatic rings. The highest BCUT2D eigenvalue weighted by Crippen LogP contribution is 2.33. The molecule has 2 amide bonds. The summed E-state index contributed by atoms with van der Waals surface area (Å²) < 4.78 is 11.1. The minimum absolute atomic E-state index is 0.192. The normalized spacial score (nSPS) is 11.8. The van der Waals surface area contributed by atoms with Gasteiger partial charge in [0.1, 0.15) is 6.04 Å². The number of methoxy groups -OCH3 is 1. The number of carboxylic acids is 1. The van der Waals surface area contributed by atoms with Gasteiger partial charge in [0.05, 0.1) is 16.9 Å². The van der Waals surface area contributed by atoms with Crippen LogP contribution < -0.4 is 20.2 Å². The Morgan fingerprint density at radius 1 is 1.21 bits per heavy atom. The van der Waals surface area contributed by atoms with Crippen LogP contribution in [0.1, 0.15) is 29.8 Å². The van der Waals surface area contributed by atoms with Gasteiger partial charge in [-0.05, 0) is 70.5 Å². The monoisotopic (exact) mass is 587 g/mol. The number of hydrogen-bond donors (Lipinski definition) is 3. The van der Waals surface area contributed by atoms with Crippen molar-refractivity contribution in [3.63, 3.8) is 0 Å². The molecule has 0 heterocycles. The Labute approximate surface area is 209 Å². The minimum atomic E-state index is -1.11. The maximum Gasteiger partial charge on any atom is 0.341 e. The first kappa shape index (κ1) is 26.4. The van der Waals surface area contributed by atoms with E-state index < -0.39 is 30.4 Å². The van der Waals surface area contributed by atoms with Crippen molar-refractivity contribution in [1.29, 1.82) is 0 Å². The van der Waals surface area contributed by atoms with E-state index in [1.165, 1.54) is 13.3 Å². The Kier molecular flexibility index (Phi) is 9.92. The van der Waals surface area contributed by atoms with E-state index in [1.54, 1.807) is 50.2 Å². The molecule has 0 aliphatic rings. The molecule has 33 heavy (non-hydrogen) atoms. The molecule has 0 fully saturated rings. The van der Waals surface area contributed by atoms with E-state index in [4.69, 9.17) is 26.2 Å². The van der Waals surface area contributed by atoms with Crippen LogP contribution in [-0.2, 0) is 9.59 Å². The minimum Gasteiger partial charge on any atom is -0.493 e. The number of benzene rings is 2. The fourth-order valence-electron chi connectivity index (χ4n) is 2.69. The molecule has 2 aromatic carbocycles. The topological polar surface area (TPSA) is 126 Å². The molecule has 0 aliphatic carbocycles. The number of nitrogens with zero attached hydrogens (tertiary/aromatic N) is 1. The second-order valence-corrected chi connectivity index (χ2v) is 8.75. The van der Waals surface area contributed by atoms with Crippen molar-refractivity contribution in [3.05, 3.63) is 56.1 Å². The number of hydrazone groups is 1. The van der Waals surface area contributed by atoms with Crippen LogP contribution in [0, 0.1) is 9.49 Å². The maximum absolute atomic E-state index is 12.6. The Morgan fingerprint density at radius 2 is 1.88 bits per heavy atom. The second kappa shape index (κ2) is 12.4. The Balaban J connectivity index is 2.08. The summed E-state index contributed by atoms with van der Waals surface area (Å²) in [5.74, 6) is -1.56. The first-order valence-corrected chi connectivity index (χ1v) is 11.2. The van der Waals surface area contributed by atoms with Gasteiger partial charge < -0.3 is 19.9 Å². The molecular formula is C22H23ClIN3O6. The summed E-state index contributed by atoms with van der Waals surface area (Å²) in [5.41, 5.74) is 3.40. The smallest absolute Gasteiger partial charge is 0.341 e. The lowest BCUT2D eigenvalue weighted by Gasteiger charge is -2.20. The van der Waals surface area contributed by atoms with Crippen molar-refractivity contribution in [3.8, 4) is 11.5 Å². The number of carboxylic acid groups (broad SMARTS) is 1. The van der Waals surface area contributed by atoms with Gasteiger partial charge in [0.15, 0.2) is 18.1 Å². The molecule has 176 valence electrons. The number of rotatable bonds is 10. The summed E-state index contributed by atoms with van der Waals surface area (Å²) in [7, 11) is 1.43. The molecule has 11 heteroatoms. The van der Waals surface area contributed by atoms with Gasteiger partial charge in [0.2, 0.25) is 0 Å². The summed E-state index contributed by atoms with van der Waals surface area (Å²) in [6.07, 6.45) is 1.40. The molecule has 1 unspecified atom stereocenters. The van der Waals surface area contributed by atoms with Crippen molar-refractivity contribution in [1.82, 2.24) is 10.7 Å². The quantitative estimate of drug-likeness (QED) is 0.222. The van der Waals surface area contributed by atoms with E-state index in [1.807, 2.05) is 22.6 Å². The largest absolute Gasteiger partial charge is 0.493 e. The number of carbonyl (C=O) groups is 3. The number of hydrogen-bond acceptors (Lipinski definition) is 6. The average molecular weight is 588 g/mol.